The van der Waals surface area contributed by atoms with E-state index >= 15 is 0 Å². The molecule has 2 aliphatic rings. The maximum atomic E-state index is 5.24. The van der Waals surface area contributed by atoms with Crippen molar-refractivity contribution in [2.75, 3.05) is 33.4 Å². The van der Waals surface area contributed by atoms with Crippen LogP contribution in [0.5, 0.6) is 0 Å². The summed E-state index contributed by atoms with van der Waals surface area (Å²) >= 11 is 0. The fourth-order valence-electron chi connectivity index (χ4n) is 3.94. The predicted octanol–water partition coefficient (Wildman–Crippen LogP) is 2.80. The summed E-state index contributed by atoms with van der Waals surface area (Å²) in [6, 6.07) is 0.708. The van der Waals surface area contributed by atoms with Gasteiger partial charge < -0.3 is 10.1 Å². The summed E-state index contributed by atoms with van der Waals surface area (Å²) in [5.41, 5.74) is 0.468. The van der Waals surface area contributed by atoms with Gasteiger partial charge in [0.05, 0.1) is 0 Å². The van der Waals surface area contributed by atoms with E-state index in [2.05, 4.69) is 17.1 Å². The quantitative estimate of drug-likeness (QED) is 0.750. The van der Waals surface area contributed by atoms with Crippen LogP contribution in [0.3, 0.4) is 0 Å². The zero-order valence-electron chi connectivity index (χ0n) is 12.9. The smallest absolute Gasteiger partial charge is 0.0474 e. The molecule has 0 aromatic carbocycles. The van der Waals surface area contributed by atoms with Gasteiger partial charge in [-0.2, -0.15) is 0 Å². The molecule has 0 amide bonds. The summed E-state index contributed by atoms with van der Waals surface area (Å²) in [5, 5.41) is 3.83. The lowest BCUT2D eigenvalue weighted by molar-refractivity contribution is 0.00334. The highest BCUT2D eigenvalue weighted by molar-refractivity contribution is 5.00. The van der Waals surface area contributed by atoms with E-state index in [0.29, 0.717) is 11.6 Å². The average Bonchev–Trinajstić information content (AvgIpc) is 2.44. The Balaban J connectivity index is 1.95. The molecular weight excluding hydrogens is 236 g/mol. The molecule has 0 aromatic rings. The van der Waals surface area contributed by atoms with Gasteiger partial charge in [-0.1, -0.05) is 32.6 Å². The minimum Gasteiger partial charge on any atom is -0.385 e. The van der Waals surface area contributed by atoms with Gasteiger partial charge in [-0.25, -0.2) is 0 Å². The van der Waals surface area contributed by atoms with Crippen molar-refractivity contribution in [3.63, 3.8) is 0 Å². The Morgan fingerprint density at radius 1 is 1.26 bits per heavy atom. The number of hydrogen-bond acceptors (Lipinski definition) is 3. The molecular formula is C16H32N2O. The molecule has 0 aromatic heterocycles. The Morgan fingerprint density at radius 3 is 2.74 bits per heavy atom. The van der Waals surface area contributed by atoms with Crippen LogP contribution in [-0.2, 0) is 4.74 Å². The minimum atomic E-state index is 0.468. The van der Waals surface area contributed by atoms with Gasteiger partial charge in [0.15, 0.2) is 0 Å². The Morgan fingerprint density at radius 2 is 2.05 bits per heavy atom. The van der Waals surface area contributed by atoms with Crippen molar-refractivity contribution in [3.8, 4) is 0 Å². The molecule has 0 bridgehead atoms. The first-order valence-corrected chi connectivity index (χ1v) is 8.28. The second-order valence-electron chi connectivity index (χ2n) is 6.44. The number of methoxy groups -OCH3 is 1. The minimum absolute atomic E-state index is 0.468. The van der Waals surface area contributed by atoms with E-state index in [0.717, 1.165) is 6.61 Å². The van der Waals surface area contributed by atoms with Crippen molar-refractivity contribution in [2.24, 2.45) is 0 Å². The van der Waals surface area contributed by atoms with E-state index in [1.54, 1.807) is 0 Å². The monoisotopic (exact) mass is 268 g/mol. The predicted molar refractivity (Wildman–Crippen MR) is 80.6 cm³/mol. The van der Waals surface area contributed by atoms with Crippen LogP contribution in [-0.4, -0.2) is 49.8 Å². The fourth-order valence-corrected chi connectivity index (χ4v) is 3.94. The molecule has 19 heavy (non-hydrogen) atoms. The molecule has 1 N–H and O–H groups in total. The second kappa shape index (κ2) is 7.61. The molecule has 1 aliphatic heterocycles. The van der Waals surface area contributed by atoms with Crippen molar-refractivity contribution in [1.29, 1.82) is 0 Å². The van der Waals surface area contributed by atoms with Crippen molar-refractivity contribution < 1.29 is 4.74 Å². The van der Waals surface area contributed by atoms with Gasteiger partial charge >= 0.3 is 0 Å². The first-order valence-electron chi connectivity index (χ1n) is 8.28. The SMILES string of the molecule is CCCC1CN(CCCOC)C2(CCCCC2)CN1. The third-order valence-corrected chi connectivity index (χ3v) is 5.03. The molecule has 1 unspecified atom stereocenters. The molecule has 3 heteroatoms. The first-order chi connectivity index (χ1) is 9.30. The van der Waals surface area contributed by atoms with Crippen LogP contribution in [0.2, 0.25) is 0 Å². The number of nitrogens with zero attached hydrogens (tertiary/aromatic N) is 1. The molecule has 1 spiro atoms. The summed E-state index contributed by atoms with van der Waals surface area (Å²) in [7, 11) is 1.81. The second-order valence-corrected chi connectivity index (χ2v) is 6.44. The molecule has 2 rings (SSSR count). The molecule has 1 heterocycles. The summed E-state index contributed by atoms with van der Waals surface area (Å²) in [4.78, 5) is 2.81. The van der Waals surface area contributed by atoms with Gasteiger partial charge in [0.25, 0.3) is 0 Å². The van der Waals surface area contributed by atoms with Crippen LogP contribution in [0.25, 0.3) is 0 Å². The lowest BCUT2D eigenvalue weighted by Gasteiger charge is -2.52. The Labute approximate surface area is 119 Å². The molecule has 1 aliphatic carbocycles. The Bertz CT molecular complexity index is 251. The molecule has 1 saturated carbocycles. The van der Waals surface area contributed by atoms with Gasteiger partial charge in [0.1, 0.15) is 0 Å². The van der Waals surface area contributed by atoms with Crippen LogP contribution >= 0.6 is 0 Å². The topological polar surface area (TPSA) is 24.5 Å². The number of rotatable bonds is 6. The van der Waals surface area contributed by atoms with Crippen LogP contribution < -0.4 is 5.32 Å². The molecule has 1 atom stereocenters. The third-order valence-electron chi connectivity index (χ3n) is 5.03. The van der Waals surface area contributed by atoms with Crippen LogP contribution in [0.4, 0.5) is 0 Å². The summed E-state index contributed by atoms with van der Waals surface area (Å²) < 4.78 is 5.24. The summed E-state index contributed by atoms with van der Waals surface area (Å²) in [6.07, 6.45) is 10.8. The highest BCUT2D eigenvalue weighted by atomic mass is 16.5. The number of piperazine rings is 1. The molecule has 0 radical (unpaired) electrons. The molecule has 1 saturated heterocycles. The first kappa shape index (κ1) is 15.3. The van der Waals surface area contributed by atoms with Gasteiger partial charge in [0, 0.05) is 44.9 Å². The lowest BCUT2D eigenvalue weighted by atomic mass is 9.78. The Kier molecular flexibility index (Phi) is 6.11. The highest BCUT2D eigenvalue weighted by Gasteiger charge is 2.41. The fraction of sp³-hybridized carbons (Fsp3) is 1.00. The molecule has 2 fully saturated rings. The number of ether oxygens (including phenoxy) is 1. The van der Waals surface area contributed by atoms with Gasteiger partial charge in [-0.15, -0.1) is 0 Å². The zero-order valence-corrected chi connectivity index (χ0v) is 12.9. The third kappa shape index (κ3) is 3.93. The van der Waals surface area contributed by atoms with Crippen molar-refractivity contribution in [3.05, 3.63) is 0 Å². The lowest BCUT2D eigenvalue weighted by Crippen LogP contribution is -2.65. The van der Waals surface area contributed by atoms with Gasteiger partial charge in [-0.05, 0) is 25.7 Å². The number of hydrogen-bond donors (Lipinski definition) is 1. The van der Waals surface area contributed by atoms with Crippen LogP contribution in [0.15, 0.2) is 0 Å². The van der Waals surface area contributed by atoms with Crippen molar-refractivity contribution in [2.45, 2.75) is 69.9 Å². The maximum absolute atomic E-state index is 5.24. The van der Waals surface area contributed by atoms with E-state index in [1.165, 1.54) is 71.0 Å². The van der Waals surface area contributed by atoms with Gasteiger partial charge in [-0.3, -0.25) is 4.90 Å². The largest absolute Gasteiger partial charge is 0.385 e. The van der Waals surface area contributed by atoms with Gasteiger partial charge in [0.2, 0.25) is 0 Å². The Hall–Kier alpha value is -0.120. The van der Waals surface area contributed by atoms with E-state index < -0.39 is 0 Å². The highest BCUT2D eigenvalue weighted by Crippen LogP contribution is 2.35. The van der Waals surface area contributed by atoms with E-state index in [-0.39, 0.29) is 0 Å². The molecule has 112 valence electrons. The zero-order chi connectivity index (χ0) is 13.6. The maximum Gasteiger partial charge on any atom is 0.0474 e. The average molecular weight is 268 g/mol. The number of nitrogens with one attached hydrogen (secondary N) is 1. The van der Waals surface area contributed by atoms with E-state index in [1.807, 2.05) is 7.11 Å². The standard InChI is InChI=1S/C16H32N2O/c1-3-8-15-13-18(11-7-12-19-2)16(14-17-15)9-5-4-6-10-16/h15,17H,3-14H2,1-2H3. The van der Waals surface area contributed by atoms with E-state index in [4.69, 9.17) is 4.74 Å². The molecule has 3 nitrogen and oxygen atoms in total. The van der Waals surface area contributed by atoms with Crippen molar-refractivity contribution in [1.82, 2.24) is 10.2 Å². The van der Waals surface area contributed by atoms with Crippen molar-refractivity contribution >= 4 is 0 Å². The normalized spacial score (nSPS) is 27.8. The van der Waals surface area contributed by atoms with Crippen LogP contribution in [0, 0.1) is 0 Å². The summed E-state index contributed by atoms with van der Waals surface area (Å²) in [5.74, 6) is 0. The van der Waals surface area contributed by atoms with E-state index in [9.17, 15) is 0 Å². The van der Waals surface area contributed by atoms with Crippen LogP contribution in [0.1, 0.15) is 58.3 Å². The summed E-state index contributed by atoms with van der Waals surface area (Å²) in [6.45, 7) is 6.87.